The molecule has 0 radical (unpaired) electrons. The maximum absolute atomic E-state index is 13.7. The van der Waals surface area contributed by atoms with E-state index in [9.17, 15) is 17.6 Å². The summed E-state index contributed by atoms with van der Waals surface area (Å²) in [6.45, 7) is 1.69. The SMILES string of the molecule is CC(c1ccccc1F)N(C)C(=O)C(N)CCS(C)(=O)=O. The van der Waals surface area contributed by atoms with Crippen LogP contribution in [0.3, 0.4) is 0 Å². The van der Waals surface area contributed by atoms with Crippen LogP contribution in [-0.2, 0) is 14.6 Å². The van der Waals surface area contributed by atoms with Crippen molar-refractivity contribution in [2.45, 2.75) is 25.4 Å². The molecular formula is C14H21FN2O3S. The Morgan fingerprint density at radius 3 is 2.48 bits per heavy atom. The van der Waals surface area contributed by atoms with Gasteiger partial charge in [0.05, 0.1) is 17.8 Å². The highest BCUT2D eigenvalue weighted by atomic mass is 32.2. The lowest BCUT2D eigenvalue weighted by Crippen LogP contribution is -2.43. The third-order valence-corrected chi connectivity index (χ3v) is 4.38. The van der Waals surface area contributed by atoms with Gasteiger partial charge in [0.25, 0.3) is 0 Å². The van der Waals surface area contributed by atoms with Crippen LogP contribution < -0.4 is 5.73 Å². The van der Waals surface area contributed by atoms with Crippen LogP contribution >= 0.6 is 0 Å². The summed E-state index contributed by atoms with van der Waals surface area (Å²) in [5, 5.41) is 0. The normalized spacial score (nSPS) is 14.5. The van der Waals surface area contributed by atoms with Crippen LogP contribution in [0, 0.1) is 5.82 Å². The molecule has 0 bridgehead atoms. The number of hydrogen-bond donors (Lipinski definition) is 1. The first-order valence-corrected chi connectivity index (χ1v) is 8.64. The Bertz CT molecular complexity index is 604. The highest BCUT2D eigenvalue weighted by Gasteiger charge is 2.25. The summed E-state index contributed by atoms with van der Waals surface area (Å²) in [6, 6.07) is 4.80. The van der Waals surface area contributed by atoms with E-state index in [0.717, 1.165) is 6.26 Å². The van der Waals surface area contributed by atoms with E-state index in [1.807, 2.05) is 0 Å². The number of likely N-dealkylation sites (N-methyl/N-ethyl adjacent to an activating group) is 1. The molecule has 1 aromatic carbocycles. The number of sulfone groups is 1. The van der Waals surface area contributed by atoms with Crippen LogP contribution in [0.25, 0.3) is 0 Å². The smallest absolute Gasteiger partial charge is 0.239 e. The summed E-state index contributed by atoms with van der Waals surface area (Å²) < 4.78 is 35.9. The van der Waals surface area contributed by atoms with Crippen molar-refractivity contribution in [3.05, 3.63) is 35.6 Å². The summed E-state index contributed by atoms with van der Waals surface area (Å²) in [5.41, 5.74) is 6.12. The van der Waals surface area contributed by atoms with Gasteiger partial charge < -0.3 is 10.6 Å². The molecule has 2 N–H and O–H groups in total. The van der Waals surface area contributed by atoms with E-state index in [2.05, 4.69) is 0 Å². The fourth-order valence-corrected chi connectivity index (χ4v) is 2.62. The number of nitrogens with two attached hydrogens (primary N) is 1. The van der Waals surface area contributed by atoms with Crippen molar-refractivity contribution in [3.8, 4) is 0 Å². The maximum Gasteiger partial charge on any atom is 0.239 e. The van der Waals surface area contributed by atoms with Gasteiger partial charge in [-0.1, -0.05) is 18.2 Å². The summed E-state index contributed by atoms with van der Waals surface area (Å²) >= 11 is 0. The van der Waals surface area contributed by atoms with Crippen molar-refractivity contribution in [2.75, 3.05) is 19.1 Å². The minimum absolute atomic E-state index is 0.0476. The lowest BCUT2D eigenvalue weighted by molar-refractivity contribution is -0.133. The molecule has 0 aliphatic heterocycles. The average molecular weight is 316 g/mol. The van der Waals surface area contributed by atoms with Crippen LogP contribution in [0.1, 0.15) is 24.9 Å². The van der Waals surface area contributed by atoms with Gasteiger partial charge in [-0.25, -0.2) is 12.8 Å². The predicted octanol–water partition coefficient (Wildman–Crippen LogP) is 1.11. The van der Waals surface area contributed by atoms with Crippen LogP contribution in [0.2, 0.25) is 0 Å². The molecule has 2 unspecified atom stereocenters. The Morgan fingerprint density at radius 1 is 1.38 bits per heavy atom. The Kier molecular flexibility index (Phi) is 5.86. The van der Waals surface area contributed by atoms with Crippen molar-refractivity contribution >= 4 is 15.7 Å². The molecule has 1 amide bonds. The topological polar surface area (TPSA) is 80.5 Å². The molecule has 1 aromatic rings. The molecule has 2 atom stereocenters. The van der Waals surface area contributed by atoms with Gasteiger partial charge in [0.2, 0.25) is 5.91 Å². The molecule has 0 fully saturated rings. The monoisotopic (exact) mass is 316 g/mol. The molecule has 0 heterocycles. The first-order chi connectivity index (χ1) is 9.63. The van der Waals surface area contributed by atoms with Crippen molar-refractivity contribution in [2.24, 2.45) is 5.73 Å². The number of hydrogen-bond acceptors (Lipinski definition) is 4. The standard InChI is InChI=1S/C14H21FN2O3S/c1-10(11-6-4-5-7-12(11)15)17(2)14(18)13(16)8-9-21(3,19)20/h4-7,10,13H,8-9,16H2,1-3H3. The van der Waals surface area contributed by atoms with Crippen molar-refractivity contribution in [3.63, 3.8) is 0 Å². The first-order valence-electron chi connectivity index (χ1n) is 6.58. The van der Waals surface area contributed by atoms with Crippen LogP contribution in [-0.4, -0.2) is 44.3 Å². The number of halogens is 1. The van der Waals surface area contributed by atoms with E-state index < -0.39 is 33.6 Å². The fraction of sp³-hybridized carbons (Fsp3) is 0.500. The molecule has 21 heavy (non-hydrogen) atoms. The van der Waals surface area contributed by atoms with Gasteiger partial charge >= 0.3 is 0 Å². The van der Waals surface area contributed by atoms with E-state index in [4.69, 9.17) is 5.73 Å². The van der Waals surface area contributed by atoms with Gasteiger partial charge in [0, 0.05) is 18.9 Å². The Balaban J connectivity index is 2.76. The van der Waals surface area contributed by atoms with E-state index in [1.165, 1.54) is 18.0 Å². The third-order valence-electron chi connectivity index (χ3n) is 3.40. The lowest BCUT2D eigenvalue weighted by Gasteiger charge is -2.28. The summed E-state index contributed by atoms with van der Waals surface area (Å²) in [6.07, 6.45) is 1.14. The number of carbonyl (C=O) groups excluding carboxylic acids is 1. The highest BCUT2D eigenvalue weighted by molar-refractivity contribution is 7.90. The molecule has 7 heteroatoms. The molecule has 5 nitrogen and oxygen atoms in total. The molecule has 0 aliphatic carbocycles. The second-order valence-corrected chi connectivity index (χ2v) is 7.43. The van der Waals surface area contributed by atoms with Crippen LogP contribution in [0.15, 0.2) is 24.3 Å². The van der Waals surface area contributed by atoms with Crippen molar-refractivity contribution in [1.29, 1.82) is 0 Å². The second-order valence-electron chi connectivity index (χ2n) is 5.17. The molecule has 0 aliphatic rings. The number of benzene rings is 1. The van der Waals surface area contributed by atoms with Gasteiger partial charge in [-0.3, -0.25) is 4.79 Å². The molecule has 0 saturated heterocycles. The lowest BCUT2D eigenvalue weighted by atomic mass is 10.1. The van der Waals surface area contributed by atoms with Crippen molar-refractivity contribution in [1.82, 2.24) is 4.90 Å². The van der Waals surface area contributed by atoms with Gasteiger partial charge in [0.15, 0.2) is 0 Å². The molecule has 118 valence electrons. The predicted molar refractivity (Wildman–Crippen MR) is 79.9 cm³/mol. The summed E-state index contributed by atoms with van der Waals surface area (Å²) in [7, 11) is -1.64. The summed E-state index contributed by atoms with van der Waals surface area (Å²) in [4.78, 5) is 13.5. The Hall–Kier alpha value is -1.47. The zero-order valence-corrected chi connectivity index (χ0v) is 13.2. The molecule has 1 rings (SSSR count). The van der Waals surface area contributed by atoms with E-state index in [-0.39, 0.29) is 12.2 Å². The Morgan fingerprint density at radius 2 is 1.95 bits per heavy atom. The maximum atomic E-state index is 13.7. The van der Waals surface area contributed by atoms with E-state index in [0.29, 0.717) is 5.56 Å². The summed E-state index contributed by atoms with van der Waals surface area (Å²) in [5.74, 6) is -0.953. The zero-order valence-electron chi connectivity index (χ0n) is 12.4. The number of nitrogens with zero attached hydrogens (tertiary/aromatic N) is 1. The number of rotatable bonds is 6. The van der Waals surface area contributed by atoms with E-state index >= 15 is 0 Å². The van der Waals surface area contributed by atoms with Gasteiger partial charge in [-0.15, -0.1) is 0 Å². The molecule has 0 spiro atoms. The number of amides is 1. The van der Waals surface area contributed by atoms with Gasteiger partial charge in [-0.05, 0) is 19.4 Å². The Labute approximate surface area is 124 Å². The average Bonchev–Trinajstić information content (AvgIpc) is 2.42. The first kappa shape index (κ1) is 17.6. The minimum Gasteiger partial charge on any atom is -0.338 e. The zero-order chi connectivity index (χ0) is 16.2. The molecular weight excluding hydrogens is 295 g/mol. The highest BCUT2D eigenvalue weighted by Crippen LogP contribution is 2.22. The number of carbonyl (C=O) groups is 1. The van der Waals surface area contributed by atoms with Gasteiger partial charge in [-0.2, -0.15) is 0 Å². The van der Waals surface area contributed by atoms with Crippen LogP contribution in [0.5, 0.6) is 0 Å². The van der Waals surface area contributed by atoms with E-state index in [1.54, 1.807) is 25.1 Å². The quantitative estimate of drug-likeness (QED) is 0.852. The second kappa shape index (κ2) is 7.00. The third kappa shape index (κ3) is 5.09. The molecule has 0 saturated carbocycles. The van der Waals surface area contributed by atoms with Gasteiger partial charge in [0.1, 0.15) is 15.7 Å². The van der Waals surface area contributed by atoms with Crippen LogP contribution in [0.4, 0.5) is 4.39 Å². The minimum atomic E-state index is -3.17. The van der Waals surface area contributed by atoms with Crippen molar-refractivity contribution < 1.29 is 17.6 Å². The largest absolute Gasteiger partial charge is 0.338 e. The fourth-order valence-electron chi connectivity index (χ4n) is 1.94. The molecule has 0 aromatic heterocycles.